The Hall–Kier alpha value is -1.16. The molecule has 1 aromatic carbocycles. The van der Waals surface area contributed by atoms with E-state index in [1.165, 1.54) is 0 Å². The Labute approximate surface area is 123 Å². The number of rotatable bonds is 2. The molecular weight excluding hydrogens is 281 g/mol. The maximum absolute atomic E-state index is 5.90. The van der Waals surface area contributed by atoms with Gasteiger partial charge in [0.25, 0.3) is 0 Å². The van der Waals surface area contributed by atoms with Crippen LogP contribution in [-0.2, 0) is 0 Å². The van der Waals surface area contributed by atoms with Crippen molar-refractivity contribution in [2.75, 3.05) is 13.1 Å². The lowest BCUT2D eigenvalue weighted by Crippen LogP contribution is -2.40. The highest BCUT2D eigenvalue weighted by Crippen LogP contribution is 2.24. The number of hydrogen-bond acceptors (Lipinski definition) is 3. The normalized spacial score (nSPS) is 14.6. The zero-order valence-electron chi connectivity index (χ0n) is 10.6. The van der Waals surface area contributed by atoms with E-state index in [0.717, 1.165) is 40.9 Å². The Bertz CT molecular complexity index is 565. The topological polar surface area (TPSA) is 37.8 Å². The minimum absolute atomic E-state index is 0. The number of nitrogens with zero attached hydrogens (tertiary/aromatic N) is 2. The van der Waals surface area contributed by atoms with Crippen molar-refractivity contribution in [2.24, 2.45) is 0 Å². The van der Waals surface area contributed by atoms with Crippen molar-refractivity contribution < 1.29 is 0 Å². The second-order valence-corrected chi connectivity index (χ2v) is 5.02. The van der Waals surface area contributed by atoms with Crippen molar-refractivity contribution in [3.8, 4) is 11.3 Å². The molecule has 3 nitrogen and oxygen atoms in total. The molecule has 19 heavy (non-hydrogen) atoms. The molecule has 0 atom stereocenters. The van der Waals surface area contributed by atoms with Gasteiger partial charge in [0.05, 0.1) is 11.4 Å². The lowest BCUT2D eigenvalue weighted by Gasteiger charge is -2.26. The van der Waals surface area contributed by atoms with Crippen molar-refractivity contribution >= 4 is 24.0 Å². The summed E-state index contributed by atoms with van der Waals surface area (Å²) in [6.07, 6.45) is 0. The second-order valence-electron chi connectivity index (χ2n) is 4.59. The Morgan fingerprint density at radius 3 is 2.42 bits per heavy atom. The standard InChI is InChI=1S/C14H14ClN3.ClH/c1-9-17-13(10-2-4-12(15)5-3-10)6-14(18-9)11-7-16-8-11;/h2-6,11,16H,7-8H2,1H3;1H. The van der Waals surface area contributed by atoms with Crippen LogP contribution < -0.4 is 5.32 Å². The molecule has 1 saturated heterocycles. The van der Waals surface area contributed by atoms with E-state index in [4.69, 9.17) is 11.6 Å². The molecule has 0 radical (unpaired) electrons. The van der Waals surface area contributed by atoms with Crippen molar-refractivity contribution in [2.45, 2.75) is 12.8 Å². The third-order valence-corrected chi connectivity index (χ3v) is 3.45. The van der Waals surface area contributed by atoms with Crippen LogP contribution in [0.2, 0.25) is 5.02 Å². The van der Waals surface area contributed by atoms with Gasteiger partial charge in [-0.3, -0.25) is 0 Å². The summed E-state index contributed by atoms with van der Waals surface area (Å²) in [7, 11) is 0. The van der Waals surface area contributed by atoms with Crippen LogP contribution in [0, 0.1) is 6.92 Å². The highest BCUT2D eigenvalue weighted by atomic mass is 35.5. The largest absolute Gasteiger partial charge is 0.315 e. The van der Waals surface area contributed by atoms with Gasteiger partial charge in [0, 0.05) is 29.6 Å². The average Bonchev–Trinajstić information content (AvgIpc) is 2.26. The highest BCUT2D eigenvalue weighted by molar-refractivity contribution is 6.30. The van der Waals surface area contributed by atoms with E-state index in [1.54, 1.807) is 0 Å². The number of nitrogens with one attached hydrogen (secondary N) is 1. The summed E-state index contributed by atoms with van der Waals surface area (Å²) >= 11 is 5.90. The molecule has 1 N–H and O–H groups in total. The van der Waals surface area contributed by atoms with Gasteiger partial charge in [-0.2, -0.15) is 0 Å². The quantitative estimate of drug-likeness (QED) is 0.924. The number of aromatic nitrogens is 2. The molecule has 1 fully saturated rings. The van der Waals surface area contributed by atoms with E-state index in [0.29, 0.717) is 5.92 Å². The molecule has 0 spiro atoms. The van der Waals surface area contributed by atoms with Crippen LogP contribution in [0.5, 0.6) is 0 Å². The molecule has 3 rings (SSSR count). The summed E-state index contributed by atoms with van der Waals surface area (Å²) in [5.74, 6) is 1.35. The minimum Gasteiger partial charge on any atom is -0.315 e. The monoisotopic (exact) mass is 295 g/mol. The molecule has 100 valence electrons. The van der Waals surface area contributed by atoms with Gasteiger partial charge in [0.1, 0.15) is 5.82 Å². The Morgan fingerprint density at radius 1 is 1.16 bits per heavy atom. The highest BCUT2D eigenvalue weighted by Gasteiger charge is 2.21. The molecule has 0 unspecified atom stereocenters. The maximum atomic E-state index is 5.90. The lowest BCUT2D eigenvalue weighted by atomic mass is 9.97. The zero-order valence-corrected chi connectivity index (χ0v) is 12.1. The predicted molar refractivity (Wildman–Crippen MR) is 80.1 cm³/mol. The number of benzene rings is 1. The average molecular weight is 296 g/mol. The molecule has 5 heteroatoms. The Balaban J connectivity index is 0.00000133. The molecule has 0 bridgehead atoms. The van der Waals surface area contributed by atoms with E-state index in [2.05, 4.69) is 21.4 Å². The van der Waals surface area contributed by atoms with Crippen LogP contribution in [-0.4, -0.2) is 23.1 Å². The first-order valence-electron chi connectivity index (χ1n) is 6.04. The van der Waals surface area contributed by atoms with Gasteiger partial charge >= 0.3 is 0 Å². The van der Waals surface area contributed by atoms with Crippen LogP contribution in [0.15, 0.2) is 30.3 Å². The van der Waals surface area contributed by atoms with Gasteiger partial charge in [-0.25, -0.2) is 9.97 Å². The minimum atomic E-state index is 0. The van der Waals surface area contributed by atoms with E-state index in [1.807, 2.05) is 31.2 Å². The van der Waals surface area contributed by atoms with Crippen LogP contribution in [0.3, 0.4) is 0 Å². The molecule has 0 aliphatic carbocycles. The van der Waals surface area contributed by atoms with E-state index < -0.39 is 0 Å². The summed E-state index contributed by atoms with van der Waals surface area (Å²) in [6, 6.07) is 9.85. The maximum Gasteiger partial charge on any atom is 0.126 e. The molecule has 1 aliphatic heterocycles. The first-order valence-corrected chi connectivity index (χ1v) is 6.42. The third kappa shape index (κ3) is 3.06. The van der Waals surface area contributed by atoms with Crippen molar-refractivity contribution in [1.82, 2.24) is 15.3 Å². The fourth-order valence-electron chi connectivity index (χ4n) is 2.07. The molecule has 0 saturated carbocycles. The first kappa shape index (κ1) is 14.3. The van der Waals surface area contributed by atoms with Crippen LogP contribution in [0.25, 0.3) is 11.3 Å². The van der Waals surface area contributed by atoms with E-state index >= 15 is 0 Å². The number of aryl methyl sites for hydroxylation is 1. The fourth-order valence-corrected chi connectivity index (χ4v) is 2.19. The van der Waals surface area contributed by atoms with Crippen LogP contribution in [0.4, 0.5) is 0 Å². The Kier molecular flexibility index (Phi) is 4.40. The molecular formula is C14H15Cl2N3. The number of hydrogen-bond donors (Lipinski definition) is 1. The van der Waals surface area contributed by atoms with Crippen molar-refractivity contribution in [1.29, 1.82) is 0 Å². The Morgan fingerprint density at radius 2 is 1.84 bits per heavy atom. The summed E-state index contributed by atoms with van der Waals surface area (Å²) in [6.45, 7) is 3.96. The van der Waals surface area contributed by atoms with Gasteiger partial charge in [-0.05, 0) is 25.1 Å². The fraction of sp³-hybridized carbons (Fsp3) is 0.286. The van der Waals surface area contributed by atoms with E-state index in [9.17, 15) is 0 Å². The second kappa shape index (κ2) is 5.87. The van der Waals surface area contributed by atoms with Gasteiger partial charge in [-0.15, -0.1) is 12.4 Å². The predicted octanol–water partition coefficient (Wildman–Crippen LogP) is 3.21. The molecule has 1 aromatic heterocycles. The summed E-state index contributed by atoms with van der Waals surface area (Å²) in [5, 5.41) is 4.01. The van der Waals surface area contributed by atoms with Crippen molar-refractivity contribution in [3.05, 3.63) is 46.9 Å². The van der Waals surface area contributed by atoms with Gasteiger partial charge in [-0.1, -0.05) is 23.7 Å². The summed E-state index contributed by atoms with van der Waals surface area (Å²) in [4.78, 5) is 9.02. The molecule has 2 heterocycles. The lowest BCUT2D eigenvalue weighted by molar-refractivity contribution is 0.438. The first-order chi connectivity index (χ1) is 8.72. The zero-order chi connectivity index (χ0) is 12.5. The number of halogens is 2. The van der Waals surface area contributed by atoms with Crippen LogP contribution in [0.1, 0.15) is 17.4 Å². The summed E-state index contributed by atoms with van der Waals surface area (Å²) in [5.41, 5.74) is 3.19. The molecule has 0 amide bonds. The van der Waals surface area contributed by atoms with Gasteiger partial charge in [0.2, 0.25) is 0 Å². The summed E-state index contributed by atoms with van der Waals surface area (Å²) < 4.78 is 0. The molecule has 2 aromatic rings. The third-order valence-electron chi connectivity index (χ3n) is 3.20. The van der Waals surface area contributed by atoms with E-state index in [-0.39, 0.29) is 12.4 Å². The molecule has 1 aliphatic rings. The van der Waals surface area contributed by atoms with Crippen molar-refractivity contribution in [3.63, 3.8) is 0 Å². The van der Waals surface area contributed by atoms with Crippen LogP contribution >= 0.6 is 24.0 Å². The van der Waals surface area contributed by atoms with Gasteiger partial charge < -0.3 is 5.32 Å². The van der Waals surface area contributed by atoms with Gasteiger partial charge in [0.15, 0.2) is 0 Å². The smallest absolute Gasteiger partial charge is 0.126 e. The SMILES string of the molecule is Cc1nc(-c2ccc(Cl)cc2)cc(C2CNC2)n1.Cl.